The van der Waals surface area contributed by atoms with Crippen LogP contribution >= 0.6 is 11.6 Å². The Kier molecular flexibility index (Phi) is 7.30. The summed E-state index contributed by atoms with van der Waals surface area (Å²) in [6.45, 7) is 0.519. The number of nitrogens with zero attached hydrogens (tertiary/aromatic N) is 4. The number of hydrogen-bond acceptors (Lipinski definition) is 8. The number of carbonyl (C=O) groups is 1. The molecule has 1 fully saturated rings. The van der Waals surface area contributed by atoms with Crippen molar-refractivity contribution in [1.82, 2.24) is 25.3 Å². The van der Waals surface area contributed by atoms with Gasteiger partial charge in [0.05, 0.1) is 29.3 Å². The van der Waals surface area contributed by atoms with E-state index >= 15 is 0 Å². The summed E-state index contributed by atoms with van der Waals surface area (Å²) in [6.07, 6.45) is 5.00. The highest BCUT2D eigenvalue weighted by molar-refractivity contribution is 6.30. The van der Waals surface area contributed by atoms with Crippen molar-refractivity contribution in [1.29, 1.82) is 0 Å². The maximum atomic E-state index is 14.9. The predicted molar refractivity (Wildman–Crippen MR) is 156 cm³/mol. The van der Waals surface area contributed by atoms with E-state index in [0.717, 1.165) is 24.2 Å². The molecule has 206 valence electrons. The number of benzene rings is 2. The average Bonchev–Trinajstić information content (AvgIpc) is 3.81. The van der Waals surface area contributed by atoms with Gasteiger partial charge in [-0.05, 0) is 66.9 Å². The predicted octanol–water partition coefficient (Wildman–Crippen LogP) is 6.14. The third-order valence-electron chi connectivity index (χ3n) is 6.59. The number of aromatic nitrogens is 4. The third kappa shape index (κ3) is 6.02. The number of halogens is 2. The summed E-state index contributed by atoms with van der Waals surface area (Å²) in [6, 6.07) is 17.4. The number of nitrogens with one attached hydrogen (secondary N) is 3. The van der Waals surface area contributed by atoms with Gasteiger partial charge in [0.25, 0.3) is 5.91 Å². The van der Waals surface area contributed by atoms with Crippen LogP contribution in [0.5, 0.6) is 5.75 Å². The van der Waals surface area contributed by atoms with Crippen molar-refractivity contribution >= 4 is 45.9 Å². The molecule has 6 rings (SSSR count). The lowest BCUT2D eigenvalue weighted by molar-refractivity contribution is 0.0951. The van der Waals surface area contributed by atoms with Gasteiger partial charge >= 0.3 is 0 Å². The van der Waals surface area contributed by atoms with Gasteiger partial charge in [0.15, 0.2) is 11.5 Å². The van der Waals surface area contributed by atoms with E-state index in [0.29, 0.717) is 45.5 Å². The highest BCUT2D eigenvalue weighted by Gasteiger charge is 2.25. The molecular weight excluding hydrogens is 545 g/mol. The van der Waals surface area contributed by atoms with Crippen LogP contribution in [0.4, 0.5) is 21.7 Å². The molecular formula is C30H25ClFN7O2. The molecule has 1 aliphatic rings. The van der Waals surface area contributed by atoms with Crippen LogP contribution in [0.3, 0.4) is 0 Å². The summed E-state index contributed by atoms with van der Waals surface area (Å²) in [4.78, 5) is 30.9. The Morgan fingerprint density at radius 2 is 1.88 bits per heavy atom. The van der Waals surface area contributed by atoms with Crippen LogP contribution in [0.25, 0.3) is 22.4 Å². The van der Waals surface area contributed by atoms with Gasteiger partial charge in [-0.15, -0.1) is 0 Å². The number of hydrogen-bond donors (Lipinski definition) is 3. The van der Waals surface area contributed by atoms with Crippen molar-refractivity contribution in [3.8, 4) is 17.1 Å². The van der Waals surface area contributed by atoms with Gasteiger partial charge < -0.3 is 20.7 Å². The zero-order chi connectivity index (χ0) is 28.3. The van der Waals surface area contributed by atoms with Gasteiger partial charge in [-0.25, -0.2) is 19.3 Å². The Bertz CT molecular complexity index is 1750. The Hall–Kier alpha value is -4.83. The lowest BCUT2D eigenvalue weighted by atomic mass is 10.1. The molecule has 5 aromatic rings. The number of anilines is 3. The molecule has 1 saturated carbocycles. The summed E-state index contributed by atoms with van der Waals surface area (Å²) < 4.78 is 20.1. The number of fused-ring (bicyclic) bond motifs is 1. The first-order valence-electron chi connectivity index (χ1n) is 13.0. The zero-order valence-electron chi connectivity index (χ0n) is 22.0. The molecule has 3 aromatic heterocycles. The van der Waals surface area contributed by atoms with E-state index in [9.17, 15) is 9.18 Å². The van der Waals surface area contributed by atoms with Crippen LogP contribution in [0, 0.1) is 5.82 Å². The monoisotopic (exact) mass is 569 g/mol. The quantitative estimate of drug-likeness (QED) is 0.194. The maximum Gasteiger partial charge on any atom is 0.255 e. The number of amides is 1. The fourth-order valence-electron chi connectivity index (χ4n) is 4.23. The Balaban J connectivity index is 1.38. The van der Waals surface area contributed by atoms with Crippen LogP contribution < -0.4 is 20.7 Å². The van der Waals surface area contributed by atoms with Crippen molar-refractivity contribution in [2.24, 2.45) is 0 Å². The van der Waals surface area contributed by atoms with E-state index in [-0.39, 0.29) is 23.3 Å². The normalized spacial score (nSPS) is 12.7. The largest absolute Gasteiger partial charge is 0.497 e. The maximum absolute atomic E-state index is 14.9. The smallest absolute Gasteiger partial charge is 0.255 e. The summed E-state index contributed by atoms with van der Waals surface area (Å²) in [5, 5.41) is 10.4. The number of methoxy groups -OCH3 is 1. The van der Waals surface area contributed by atoms with E-state index in [1.54, 1.807) is 19.4 Å². The lowest BCUT2D eigenvalue weighted by Gasteiger charge is -2.15. The highest BCUT2D eigenvalue weighted by atomic mass is 35.5. The van der Waals surface area contributed by atoms with E-state index < -0.39 is 5.82 Å². The number of rotatable bonds is 9. The average molecular weight is 570 g/mol. The molecule has 11 heteroatoms. The molecule has 2 aromatic carbocycles. The molecule has 1 aliphatic carbocycles. The number of ether oxygens (including phenoxy) is 1. The summed E-state index contributed by atoms with van der Waals surface area (Å²) in [5.41, 5.74) is 2.36. The molecule has 3 N–H and O–H groups in total. The zero-order valence-corrected chi connectivity index (χ0v) is 22.7. The molecule has 0 radical (unpaired) electrons. The van der Waals surface area contributed by atoms with Gasteiger partial charge in [-0.2, -0.15) is 0 Å². The Morgan fingerprint density at radius 1 is 1.05 bits per heavy atom. The highest BCUT2D eigenvalue weighted by Crippen LogP contribution is 2.31. The van der Waals surface area contributed by atoms with Crippen molar-refractivity contribution in [3.05, 3.63) is 95.0 Å². The molecule has 0 bridgehead atoms. The van der Waals surface area contributed by atoms with Crippen LogP contribution in [0.2, 0.25) is 5.02 Å². The second-order valence-corrected chi connectivity index (χ2v) is 10.0. The minimum atomic E-state index is -0.526. The molecule has 0 unspecified atom stereocenters. The SMILES string of the molecule is COc1ccc(CNc2ccc3c(Nc4ccncc4C(=O)NC4CC4)nc(-c4cc(Cl)ccc4F)nc3n2)cc1. The molecule has 0 aliphatic heterocycles. The van der Waals surface area contributed by atoms with Crippen molar-refractivity contribution < 1.29 is 13.9 Å². The van der Waals surface area contributed by atoms with Gasteiger partial charge in [0, 0.05) is 30.0 Å². The molecule has 0 spiro atoms. The first kappa shape index (κ1) is 26.4. The number of carbonyl (C=O) groups excluding carboxylic acids is 1. The van der Waals surface area contributed by atoms with Crippen LogP contribution in [0.1, 0.15) is 28.8 Å². The Labute approximate surface area is 240 Å². The molecule has 1 amide bonds. The van der Waals surface area contributed by atoms with E-state index in [2.05, 4.69) is 30.9 Å². The van der Waals surface area contributed by atoms with Crippen molar-refractivity contribution in [2.45, 2.75) is 25.4 Å². The molecule has 9 nitrogen and oxygen atoms in total. The Morgan fingerprint density at radius 3 is 2.66 bits per heavy atom. The molecule has 41 heavy (non-hydrogen) atoms. The van der Waals surface area contributed by atoms with Gasteiger partial charge in [-0.1, -0.05) is 23.7 Å². The second kappa shape index (κ2) is 11.3. The first-order chi connectivity index (χ1) is 20.0. The first-order valence-corrected chi connectivity index (χ1v) is 13.4. The molecule has 3 heterocycles. The minimum absolute atomic E-state index is 0.0952. The van der Waals surface area contributed by atoms with E-state index in [1.807, 2.05) is 36.4 Å². The summed E-state index contributed by atoms with van der Waals surface area (Å²) in [7, 11) is 1.62. The summed E-state index contributed by atoms with van der Waals surface area (Å²) >= 11 is 6.18. The minimum Gasteiger partial charge on any atom is -0.497 e. The number of pyridine rings is 2. The van der Waals surface area contributed by atoms with Crippen LogP contribution in [0.15, 0.2) is 73.1 Å². The van der Waals surface area contributed by atoms with E-state index in [4.69, 9.17) is 21.3 Å². The van der Waals surface area contributed by atoms with E-state index in [1.165, 1.54) is 24.4 Å². The van der Waals surface area contributed by atoms with Crippen molar-refractivity contribution in [3.63, 3.8) is 0 Å². The summed E-state index contributed by atoms with van der Waals surface area (Å²) in [5.74, 6) is 1.04. The van der Waals surface area contributed by atoms with Crippen LogP contribution in [-0.4, -0.2) is 39.0 Å². The second-order valence-electron chi connectivity index (χ2n) is 9.58. The van der Waals surface area contributed by atoms with Crippen molar-refractivity contribution in [2.75, 3.05) is 17.7 Å². The molecule has 0 saturated heterocycles. The molecule has 0 atom stereocenters. The third-order valence-corrected chi connectivity index (χ3v) is 6.83. The van der Waals surface area contributed by atoms with Crippen LogP contribution in [-0.2, 0) is 6.54 Å². The van der Waals surface area contributed by atoms with Gasteiger partial charge in [0.2, 0.25) is 0 Å². The lowest BCUT2D eigenvalue weighted by Crippen LogP contribution is -2.26. The fraction of sp³-hybridized carbons (Fsp3) is 0.167. The standard InChI is InChI=1S/C30H25ClFN7O2/c1-41-20-7-2-17(3-8-20)15-34-26-11-9-21-27(36-25-12-13-33-16-23(25)30(40)35-19-5-6-19)38-29(39-28(21)37-26)22-14-18(31)4-10-24(22)32/h2-4,7-14,16,19H,5-6,15H2,1H3,(H,35,40)(H2,33,34,36,37,38,39). The topological polar surface area (TPSA) is 114 Å². The van der Waals surface area contributed by atoms with Gasteiger partial charge in [0.1, 0.15) is 23.2 Å². The fourth-order valence-corrected chi connectivity index (χ4v) is 4.40. The van der Waals surface area contributed by atoms with Gasteiger partial charge in [-0.3, -0.25) is 9.78 Å².